The van der Waals surface area contributed by atoms with Gasteiger partial charge in [-0.2, -0.15) is 0 Å². The van der Waals surface area contributed by atoms with Crippen LogP contribution in [0.25, 0.3) is 0 Å². The zero-order valence-electron chi connectivity index (χ0n) is 24.8. The van der Waals surface area contributed by atoms with Crippen molar-refractivity contribution in [1.82, 2.24) is 9.80 Å². The largest absolute Gasteiger partial charge is 0.413 e. The van der Waals surface area contributed by atoms with Crippen molar-refractivity contribution in [3.8, 4) is 0 Å². The molecule has 0 unspecified atom stereocenters. The predicted octanol–water partition coefficient (Wildman–Crippen LogP) is 3.37. The lowest BCUT2D eigenvalue weighted by atomic mass is 9.77. The molecule has 42 heavy (non-hydrogen) atoms. The Morgan fingerprint density at radius 2 is 1.74 bits per heavy atom. The Bertz CT molecular complexity index is 1290. The van der Waals surface area contributed by atoms with Gasteiger partial charge in [-0.3, -0.25) is 24.6 Å². The predicted molar refractivity (Wildman–Crippen MR) is 155 cm³/mol. The van der Waals surface area contributed by atoms with Crippen molar-refractivity contribution < 1.29 is 33.3 Å². The number of hydrogen-bond acceptors (Lipinski definition) is 9. The highest BCUT2D eigenvalue weighted by Gasteiger charge is 2.61. The molecular weight excluding hydrogens is 560 g/mol. The van der Waals surface area contributed by atoms with E-state index in [2.05, 4.69) is 20.8 Å². The van der Waals surface area contributed by atoms with E-state index < -0.39 is 43.0 Å². The van der Waals surface area contributed by atoms with E-state index in [1.807, 2.05) is 18.7 Å². The third-order valence-electron chi connectivity index (χ3n) is 9.43. The number of carbonyl (C=O) groups excluding carboxylic acids is 4. The average molecular weight is 601 g/mol. The Kier molecular flexibility index (Phi) is 9.33. The molecule has 13 heteroatoms. The molecule has 0 saturated carbocycles. The molecule has 1 aromatic rings. The maximum atomic E-state index is 13.7. The molecule has 3 aliphatic rings. The molecule has 2 amide bonds. The van der Waals surface area contributed by atoms with Crippen LogP contribution < -0.4 is 5.73 Å². The Hall–Kier alpha value is -3.42. The molecule has 0 aromatic heterocycles. The van der Waals surface area contributed by atoms with Crippen LogP contribution in [-0.4, -0.2) is 78.1 Å². The molecule has 0 radical (unpaired) electrons. The van der Waals surface area contributed by atoms with E-state index in [1.165, 1.54) is 17.0 Å². The molecule has 3 heterocycles. The van der Waals surface area contributed by atoms with Gasteiger partial charge in [-0.05, 0) is 62.1 Å². The maximum Gasteiger partial charge on any atom is 0.362 e. The summed E-state index contributed by atoms with van der Waals surface area (Å²) in [5, 5.41) is 11.0. The topological polar surface area (TPSA) is 162 Å². The summed E-state index contributed by atoms with van der Waals surface area (Å²) < 4.78 is 11.9. The van der Waals surface area contributed by atoms with E-state index in [4.69, 9.17) is 14.9 Å². The maximum absolute atomic E-state index is 13.7. The number of nitrogens with zero attached hydrogens (tertiary/aromatic N) is 3. The highest BCUT2D eigenvalue weighted by atomic mass is 28.4. The molecule has 0 aliphatic carbocycles. The van der Waals surface area contributed by atoms with Crippen LogP contribution in [0.4, 0.5) is 5.69 Å². The zero-order valence-corrected chi connectivity index (χ0v) is 25.8. The number of amides is 2. The minimum absolute atomic E-state index is 0.0105. The molecule has 12 nitrogen and oxygen atoms in total. The van der Waals surface area contributed by atoms with E-state index in [0.717, 1.165) is 36.7 Å². The van der Waals surface area contributed by atoms with Crippen LogP contribution in [0, 0.1) is 22.0 Å². The summed E-state index contributed by atoms with van der Waals surface area (Å²) in [4.78, 5) is 66.0. The lowest BCUT2D eigenvalue weighted by Crippen LogP contribution is -2.65. The normalized spacial score (nSPS) is 24.8. The SMILES string of the molecule is CC[Si](CC)(CC)O[C@H](C)[C@H]1C(=O)N2C(C(=O)OC(=O)c3ccc([N+](=O)[O-])cc3)=C(CN3CCC[C@H]3C(N)=O)[C@H](C)[C@H]12. The smallest absolute Gasteiger partial charge is 0.362 e. The van der Waals surface area contributed by atoms with Crippen LogP contribution in [0.3, 0.4) is 0 Å². The molecule has 2 fully saturated rings. The van der Waals surface area contributed by atoms with Crippen LogP contribution in [0.1, 0.15) is 57.8 Å². The summed E-state index contributed by atoms with van der Waals surface area (Å²) in [7, 11) is -2.02. The number of nitro benzene ring substituents is 1. The second-order valence-corrected chi connectivity index (χ2v) is 16.2. The van der Waals surface area contributed by atoms with Crippen molar-refractivity contribution in [2.45, 2.75) is 83.8 Å². The third kappa shape index (κ3) is 5.64. The number of primary amides is 1. The summed E-state index contributed by atoms with van der Waals surface area (Å²) in [5.41, 5.74) is 6.02. The van der Waals surface area contributed by atoms with Crippen molar-refractivity contribution in [3.63, 3.8) is 0 Å². The van der Waals surface area contributed by atoms with Gasteiger partial charge in [0.25, 0.3) is 5.69 Å². The van der Waals surface area contributed by atoms with Gasteiger partial charge in [0, 0.05) is 24.6 Å². The lowest BCUT2D eigenvalue weighted by Gasteiger charge is -2.49. The molecule has 1 aromatic carbocycles. The molecule has 228 valence electrons. The molecule has 3 aliphatic heterocycles. The summed E-state index contributed by atoms with van der Waals surface area (Å²) in [6.45, 7) is 11.1. The number of carbonyl (C=O) groups is 4. The summed E-state index contributed by atoms with van der Waals surface area (Å²) >= 11 is 0. The quantitative estimate of drug-likeness (QED) is 0.0946. The van der Waals surface area contributed by atoms with Crippen LogP contribution in [0.2, 0.25) is 18.1 Å². The van der Waals surface area contributed by atoms with Crippen molar-refractivity contribution >= 4 is 37.8 Å². The van der Waals surface area contributed by atoms with E-state index in [9.17, 15) is 29.3 Å². The number of non-ortho nitro benzene ring substituents is 1. The fourth-order valence-corrected chi connectivity index (χ4v) is 9.70. The minimum atomic E-state index is -2.02. The monoisotopic (exact) mass is 600 g/mol. The van der Waals surface area contributed by atoms with Gasteiger partial charge in [0.15, 0.2) is 8.32 Å². The first kappa shape index (κ1) is 31.5. The first-order valence-electron chi connectivity index (χ1n) is 14.7. The Morgan fingerprint density at radius 3 is 2.29 bits per heavy atom. The van der Waals surface area contributed by atoms with E-state index >= 15 is 0 Å². The van der Waals surface area contributed by atoms with Gasteiger partial charge < -0.3 is 19.8 Å². The second-order valence-electron chi connectivity index (χ2n) is 11.5. The number of likely N-dealkylation sites (tertiary alicyclic amines) is 1. The van der Waals surface area contributed by atoms with Crippen molar-refractivity contribution in [2.75, 3.05) is 13.1 Å². The number of esters is 2. The Morgan fingerprint density at radius 1 is 1.12 bits per heavy atom. The van der Waals surface area contributed by atoms with E-state index in [1.54, 1.807) is 0 Å². The number of nitro groups is 1. The van der Waals surface area contributed by atoms with E-state index in [-0.39, 0.29) is 47.5 Å². The second kappa shape index (κ2) is 12.4. The number of β-lactam (4-membered cyclic amide) rings is 1. The van der Waals surface area contributed by atoms with Crippen molar-refractivity contribution in [2.24, 2.45) is 17.6 Å². The van der Waals surface area contributed by atoms with Crippen LogP contribution in [-0.2, 0) is 23.5 Å². The highest BCUT2D eigenvalue weighted by Crippen LogP contribution is 2.49. The first-order valence-corrected chi connectivity index (χ1v) is 17.2. The van der Waals surface area contributed by atoms with Gasteiger partial charge in [-0.15, -0.1) is 0 Å². The number of hydrogen-bond donors (Lipinski definition) is 1. The molecule has 2 saturated heterocycles. The van der Waals surface area contributed by atoms with Crippen LogP contribution in [0.5, 0.6) is 0 Å². The molecular formula is C29H40N4O8Si. The van der Waals surface area contributed by atoms with Gasteiger partial charge in [-0.25, -0.2) is 9.59 Å². The van der Waals surface area contributed by atoms with Gasteiger partial charge in [0.2, 0.25) is 11.8 Å². The number of ether oxygens (including phenoxy) is 1. The fraction of sp³-hybridized carbons (Fsp3) is 0.586. The summed E-state index contributed by atoms with van der Waals surface area (Å²) in [6, 6.07) is 6.67. The van der Waals surface area contributed by atoms with Gasteiger partial charge in [0.05, 0.1) is 34.6 Å². The lowest BCUT2D eigenvalue weighted by molar-refractivity contribution is -0.384. The van der Waals surface area contributed by atoms with Crippen molar-refractivity contribution in [1.29, 1.82) is 0 Å². The summed E-state index contributed by atoms with van der Waals surface area (Å²) in [5.74, 6) is -3.39. The van der Waals surface area contributed by atoms with E-state index in [0.29, 0.717) is 18.5 Å². The fourth-order valence-electron chi connectivity index (χ4n) is 6.76. The van der Waals surface area contributed by atoms with Gasteiger partial charge >= 0.3 is 11.9 Å². The zero-order chi connectivity index (χ0) is 30.9. The van der Waals surface area contributed by atoms with Crippen LogP contribution in [0.15, 0.2) is 35.5 Å². The Labute approximate surface area is 246 Å². The molecule has 4 rings (SSSR count). The molecule has 0 spiro atoms. The average Bonchev–Trinajstić information content (AvgIpc) is 3.53. The molecule has 2 N–H and O–H groups in total. The number of rotatable bonds is 12. The third-order valence-corrected chi connectivity index (χ3v) is 14.2. The number of fused-ring (bicyclic) bond motifs is 1. The number of benzene rings is 1. The number of nitrogens with two attached hydrogens (primary N) is 1. The molecule has 0 bridgehead atoms. The van der Waals surface area contributed by atoms with Crippen molar-refractivity contribution in [3.05, 3.63) is 51.2 Å². The first-order chi connectivity index (χ1) is 19.9. The minimum Gasteiger partial charge on any atom is -0.413 e. The highest BCUT2D eigenvalue weighted by molar-refractivity contribution is 6.73. The standard InChI is InChI=1S/C29H40N4O8Si/c1-6-42(7-2,8-3)41-18(5)23-24-17(4)21(16-31-15-9-10-22(31)26(30)34)25(32(24)27(23)35)29(37)40-28(36)19-11-13-20(14-12-19)33(38)39/h11-14,17-18,22-24H,6-10,15-16H2,1-5H3,(H2,30,34)/t17-,18+,22-,23+,24+/m0/s1. The van der Waals surface area contributed by atoms with Gasteiger partial charge in [-0.1, -0.05) is 27.7 Å². The van der Waals surface area contributed by atoms with Gasteiger partial charge in [0.1, 0.15) is 5.70 Å². The Balaban J connectivity index is 1.63. The summed E-state index contributed by atoms with van der Waals surface area (Å²) in [6.07, 6.45) is 1.02. The van der Waals surface area contributed by atoms with Crippen LogP contribution >= 0.6 is 0 Å². The molecule has 5 atom stereocenters.